The van der Waals surface area contributed by atoms with Gasteiger partial charge in [0.05, 0.1) is 12.6 Å². The first-order valence-corrected chi connectivity index (χ1v) is 6.10. The molecule has 0 saturated carbocycles. The predicted molar refractivity (Wildman–Crippen MR) is 70.9 cm³/mol. The van der Waals surface area contributed by atoms with E-state index in [1.807, 2.05) is 19.1 Å². The molecule has 0 spiro atoms. The second kappa shape index (κ2) is 5.96. The lowest BCUT2D eigenvalue weighted by atomic mass is 10.1. The summed E-state index contributed by atoms with van der Waals surface area (Å²) >= 11 is 0. The first kappa shape index (κ1) is 14.4. The maximum Gasteiger partial charge on any atom is 0.194 e. The third kappa shape index (κ3) is 2.93. The molecule has 2 nitrogen and oxygen atoms in total. The summed E-state index contributed by atoms with van der Waals surface area (Å²) in [6, 6.07) is 8.34. The fourth-order valence-electron chi connectivity index (χ4n) is 1.93. The van der Waals surface area contributed by atoms with E-state index in [0.717, 1.165) is 23.4 Å². The van der Waals surface area contributed by atoms with Crippen molar-refractivity contribution < 1.29 is 18.3 Å². The van der Waals surface area contributed by atoms with E-state index in [-0.39, 0.29) is 12.2 Å². The molecule has 20 heavy (non-hydrogen) atoms. The van der Waals surface area contributed by atoms with Gasteiger partial charge in [-0.2, -0.15) is 0 Å². The van der Waals surface area contributed by atoms with Crippen LogP contribution in [0.3, 0.4) is 0 Å². The molecule has 2 aromatic rings. The van der Waals surface area contributed by atoms with E-state index in [0.29, 0.717) is 0 Å². The second-order valence-corrected chi connectivity index (χ2v) is 4.49. The lowest BCUT2D eigenvalue weighted by Crippen LogP contribution is -2.16. The number of aliphatic hydroxyl groups is 1. The highest BCUT2D eigenvalue weighted by molar-refractivity contribution is 5.52. The van der Waals surface area contributed by atoms with Crippen molar-refractivity contribution in [1.29, 1.82) is 0 Å². The first-order chi connectivity index (χ1) is 9.52. The predicted octanol–water partition coefficient (Wildman–Crippen LogP) is 3.56. The maximum absolute atomic E-state index is 13.2. The molecule has 5 heteroatoms. The van der Waals surface area contributed by atoms with Crippen molar-refractivity contribution in [3.63, 3.8) is 0 Å². The molecule has 0 aliphatic rings. The molecular formula is C15H14F3NO. The van der Waals surface area contributed by atoms with Gasteiger partial charge in [0.25, 0.3) is 0 Å². The fraction of sp³-hybridized carbons (Fsp3) is 0.200. The third-order valence-corrected chi connectivity index (χ3v) is 3.07. The summed E-state index contributed by atoms with van der Waals surface area (Å²) in [4.78, 5) is 0. The van der Waals surface area contributed by atoms with Gasteiger partial charge in [0, 0.05) is 5.69 Å². The molecule has 1 unspecified atom stereocenters. The van der Waals surface area contributed by atoms with E-state index in [2.05, 4.69) is 5.32 Å². The summed E-state index contributed by atoms with van der Waals surface area (Å²) in [7, 11) is 0. The van der Waals surface area contributed by atoms with Crippen LogP contribution in [-0.4, -0.2) is 11.7 Å². The number of rotatable bonds is 4. The standard InChI is InChI=1S/C15H14F3NO/c1-9-4-2-3-5-13(9)19-14(8-20)10-6-11(16)15(18)12(17)7-10/h2-7,14,19-20H,8H2,1H3. The van der Waals surface area contributed by atoms with Crippen LogP contribution in [0.15, 0.2) is 36.4 Å². The zero-order chi connectivity index (χ0) is 14.7. The number of hydrogen-bond donors (Lipinski definition) is 2. The average Bonchev–Trinajstić information content (AvgIpc) is 2.43. The Kier molecular flexibility index (Phi) is 4.29. The third-order valence-electron chi connectivity index (χ3n) is 3.07. The van der Waals surface area contributed by atoms with Crippen LogP contribution in [0.4, 0.5) is 18.9 Å². The Balaban J connectivity index is 2.31. The molecular weight excluding hydrogens is 267 g/mol. The minimum atomic E-state index is -1.51. The lowest BCUT2D eigenvalue weighted by molar-refractivity contribution is 0.275. The van der Waals surface area contributed by atoms with Gasteiger partial charge in [-0.15, -0.1) is 0 Å². The van der Waals surface area contributed by atoms with Crippen LogP contribution in [0.5, 0.6) is 0 Å². The van der Waals surface area contributed by atoms with Crippen molar-refractivity contribution in [2.45, 2.75) is 13.0 Å². The van der Waals surface area contributed by atoms with E-state index in [9.17, 15) is 18.3 Å². The Bertz CT molecular complexity index is 593. The number of aliphatic hydroxyl groups excluding tert-OH is 1. The molecule has 0 aliphatic carbocycles. The Morgan fingerprint density at radius 3 is 2.25 bits per heavy atom. The van der Waals surface area contributed by atoms with Crippen LogP contribution in [0.1, 0.15) is 17.2 Å². The monoisotopic (exact) mass is 281 g/mol. The minimum Gasteiger partial charge on any atom is -0.394 e. The highest BCUT2D eigenvalue weighted by Crippen LogP contribution is 2.24. The van der Waals surface area contributed by atoms with Gasteiger partial charge >= 0.3 is 0 Å². The molecule has 1 atom stereocenters. The Labute approximate surface area is 114 Å². The van der Waals surface area contributed by atoms with Crippen molar-refractivity contribution in [2.75, 3.05) is 11.9 Å². The lowest BCUT2D eigenvalue weighted by Gasteiger charge is -2.19. The van der Waals surface area contributed by atoms with Crippen LogP contribution >= 0.6 is 0 Å². The van der Waals surface area contributed by atoms with Gasteiger partial charge < -0.3 is 10.4 Å². The molecule has 2 N–H and O–H groups in total. The second-order valence-electron chi connectivity index (χ2n) is 4.49. The van der Waals surface area contributed by atoms with Gasteiger partial charge in [-0.3, -0.25) is 0 Å². The van der Waals surface area contributed by atoms with Crippen molar-refractivity contribution in [3.8, 4) is 0 Å². The summed E-state index contributed by atoms with van der Waals surface area (Å²) in [6.45, 7) is 1.49. The Morgan fingerprint density at radius 1 is 1.10 bits per heavy atom. The Hall–Kier alpha value is -2.01. The molecule has 0 aliphatic heterocycles. The molecule has 0 saturated heterocycles. The molecule has 2 aromatic carbocycles. The summed E-state index contributed by atoms with van der Waals surface area (Å²) in [5.41, 5.74) is 1.80. The smallest absolute Gasteiger partial charge is 0.194 e. The normalized spacial score (nSPS) is 12.2. The summed E-state index contributed by atoms with van der Waals surface area (Å²) in [5, 5.41) is 12.4. The van der Waals surface area contributed by atoms with Gasteiger partial charge in [0.2, 0.25) is 0 Å². The quantitative estimate of drug-likeness (QED) is 0.840. The Morgan fingerprint density at radius 2 is 1.70 bits per heavy atom. The van der Waals surface area contributed by atoms with Crippen molar-refractivity contribution in [2.24, 2.45) is 0 Å². The topological polar surface area (TPSA) is 32.3 Å². The molecule has 0 radical (unpaired) electrons. The van der Waals surface area contributed by atoms with Gasteiger partial charge in [-0.05, 0) is 36.2 Å². The molecule has 0 heterocycles. The van der Waals surface area contributed by atoms with Crippen LogP contribution in [0.25, 0.3) is 0 Å². The summed E-state index contributed by atoms with van der Waals surface area (Å²) < 4.78 is 39.4. The number of aryl methyl sites for hydroxylation is 1. The van der Waals surface area contributed by atoms with Crippen molar-refractivity contribution in [3.05, 3.63) is 65.0 Å². The van der Waals surface area contributed by atoms with Crippen molar-refractivity contribution >= 4 is 5.69 Å². The number of anilines is 1. The van der Waals surface area contributed by atoms with E-state index in [1.165, 1.54) is 0 Å². The molecule has 0 fully saturated rings. The molecule has 0 amide bonds. The van der Waals surface area contributed by atoms with Crippen LogP contribution in [-0.2, 0) is 0 Å². The van der Waals surface area contributed by atoms with Gasteiger partial charge in [-0.1, -0.05) is 18.2 Å². The number of nitrogens with one attached hydrogen (secondary N) is 1. The first-order valence-electron chi connectivity index (χ1n) is 6.10. The van der Waals surface area contributed by atoms with Crippen molar-refractivity contribution in [1.82, 2.24) is 0 Å². The van der Waals surface area contributed by atoms with E-state index < -0.39 is 23.5 Å². The zero-order valence-electron chi connectivity index (χ0n) is 10.8. The molecule has 106 valence electrons. The SMILES string of the molecule is Cc1ccccc1NC(CO)c1cc(F)c(F)c(F)c1. The number of halogens is 3. The molecule has 0 aromatic heterocycles. The fourth-order valence-corrected chi connectivity index (χ4v) is 1.93. The van der Waals surface area contributed by atoms with Crippen LogP contribution in [0.2, 0.25) is 0 Å². The molecule has 0 bridgehead atoms. The van der Waals surface area contributed by atoms with Gasteiger partial charge in [0.1, 0.15) is 0 Å². The summed E-state index contributed by atoms with van der Waals surface area (Å²) in [6.07, 6.45) is 0. The highest BCUT2D eigenvalue weighted by atomic mass is 19.2. The largest absolute Gasteiger partial charge is 0.394 e. The highest BCUT2D eigenvalue weighted by Gasteiger charge is 2.17. The zero-order valence-corrected chi connectivity index (χ0v) is 10.8. The van der Waals surface area contributed by atoms with Crippen LogP contribution in [0, 0.1) is 24.4 Å². The van der Waals surface area contributed by atoms with Crippen LogP contribution < -0.4 is 5.32 Å². The number of benzene rings is 2. The minimum absolute atomic E-state index is 0.146. The molecule has 2 rings (SSSR count). The van der Waals surface area contributed by atoms with E-state index >= 15 is 0 Å². The van der Waals surface area contributed by atoms with E-state index in [1.54, 1.807) is 12.1 Å². The van der Waals surface area contributed by atoms with Gasteiger partial charge in [-0.25, -0.2) is 13.2 Å². The number of para-hydroxylation sites is 1. The summed E-state index contributed by atoms with van der Waals surface area (Å²) in [5.74, 6) is -4.06. The average molecular weight is 281 g/mol. The number of hydrogen-bond acceptors (Lipinski definition) is 2. The van der Waals surface area contributed by atoms with Gasteiger partial charge in [0.15, 0.2) is 17.5 Å². The maximum atomic E-state index is 13.2. The van der Waals surface area contributed by atoms with E-state index in [4.69, 9.17) is 0 Å².